The van der Waals surface area contributed by atoms with Gasteiger partial charge in [-0.15, -0.1) is 0 Å². The molecule has 20 heavy (non-hydrogen) atoms. The maximum Gasteiger partial charge on any atom is 0.152 e. The van der Waals surface area contributed by atoms with Crippen LogP contribution in [0.1, 0.15) is 6.42 Å². The molecule has 0 N–H and O–H groups in total. The molecule has 0 amide bonds. The van der Waals surface area contributed by atoms with Crippen LogP contribution in [-0.2, 0) is 9.53 Å². The van der Waals surface area contributed by atoms with Gasteiger partial charge >= 0.3 is 0 Å². The van der Waals surface area contributed by atoms with Gasteiger partial charge in [0, 0.05) is 44.9 Å². The molecule has 0 radical (unpaired) electrons. The number of pyridine rings is 1. The summed E-state index contributed by atoms with van der Waals surface area (Å²) in [6.07, 6.45) is 2.72. The van der Waals surface area contributed by atoms with Crippen LogP contribution in [0.2, 0.25) is 0 Å². The van der Waals surface area contributed by atoms with Crippen molar-refractivity contribution in [3.8, 4) is 0 Å². The molecule has 0 aromatic carbocycles. The molecule has 5 heteroatoms. The number of carbonyl (C=O) groups excluding carboxylic acids is 1. The largest absolute Gasteiger partial charge is 0.381 e. The normalized spacial score (nSPS) is 24.0. The molecule has 1 aromatic heterocycles. The Kier molecular flexibility index (Phi) is 4.28. The van der Waals surface area contributed by atoms with Crippen molar-refractivity contribution in [2.24, 2.45) is 5.92 Å². The van der Waals surface area contributed by atoms with Gasteiger partial charge in [-0.1, -0.05) is 6.07 Å². The monoisotopic (exact) mass is 275 g/mol. The van der Waals surface area contributed by atoms with Crippen LogP contribution in [0, 0.1) is 5.92 Å². The third-order valence-electron chi connectivity index (χ3n) is 4.11. The number of carbonyl (C=O) groups is 1. The van der Waals surface area contributed by atoms with Gasteiger partial charge in [0.05, 0.1) is 13.2 Å². The molecule has 2 fully saturated rings. The molecule has 108 valence electrons. The average molecular weight is 275 g/mol. The third kappa shape index (κ3) is 3.16. The first-order valence-corrected chi connectivity index (χ1v) is 7.32. The summed E-state index contributed by atoms with van der Waals surface area (Å²) in [5.41, 5.74) is 0. The fourth-order valence-electron chi connectivity index (χ4n) is 2.81. The standard InChI is InChI=1S/C15H21N3O2/c19-14(13-4-10-20-12-13)11-17-6-8-18(9-7-17)15-3-1-2-5-16-15/h1-3,5,13H,4,6-12H2. The SMILES string of the molecule is O=C(CN1CCN(c2ccccn2)CC1)C1CCOC1. The highest BCUT2D eigenvalue weighted by molar-refractivity contribution is 5.83. The Balaban J connectivity index is 1.47. The average Bonchev–Trinajstić information content (AvgIpc) is 3.03. The maximum atomic E-state index is 12.1. The third-order valence-corrected chi connectivity index (χ3v) is 4.11. The molecule has 5 nitrogen and oxygen atoms in total. The van der Waals surface area contributed by atoms with Crippen LogP contribution in [0.25, 0.3) is 0 Å². The summed E-state index contributed by atoms with van der Waals surface area (Å²) in [5, 5.41) is 0. The highest BCUT2D eigenvalue weighted by Crippen LogP contribution is 2.16. The Morgan fingerprint density at radius 3 is 2.80 bits per heavy atom. The van der Waals surface area contributed by atoms with Gasteiger partial charge in [0.15, 0.2) is 5.78 Å². The second-order valence-corrected chi connectivity index (χ2v) is 5.48. The first-order chi connectivity index (χ1) is 9.83. The topological polar surface area (TPSA) is 45.7 Å². The molecule has 0 bridgehead atoms. The lowest BCUT2D eigenvalue weighted by atomic mass is 10.0. The zero-order valence-electron chi connectivity index (χ0n) is 11.7. The fourth-order valence-corrected chi connectivity index (χ4v) is 2.81. The van der Waals surface area contributed by atoms with E-state index in [1.807, 2.05) is 24.4 Å². The first-order valence-electron chi connectivity index (χ1n) is 7.32. The van der Waals surface area contributed by atoms with Crippen LogP contribution >= 0.6 is 0 Å². The summed E-state index contributed by atoms with van der Waals surface area (Å²) in [4.78, 5) is 21.0. The van der Waals surface area contributed by atoms with Crippen LogP contribution in [0.5, 0.6) is 0 Å². The summed E-state index contributed by atoms with van der Waals surface area (Å²) in [6, 6.07) is 5.98. The second kappa shape index (κ2) is 6.33. The molecule has 1 atom stereocenters. The van der Waals surface area contributed by atoms with Crippen molar-refractivity contribution < 1.29 is 9.53 Å². The molecule has 0 aliphatic carbocycles. The van der Waals surface area contributed by atoms with Crippen LogP contribution in [0.3, 0.4) is 0 Å². The minimum atomic E-state index is 0.129. The van der Waals surface area contributed by atoms with E-state index >= 15 is 0 Å². The molecule has 2 aliphatic heterocycles. The summed E-state index contributed by atoms with van der Waals surface area (Å²) in [7, 11) is 0. The maximum absolute atomic E-state index is 12.1. The van der Waals surface area contributed by atoms with Crippen molar-refractivity contribution >= 4 is 11.6 Å². The van der Waals surface area contributed by atoms with Gasteiger partial charge in [-0.25, -0.2) is 4.98 Å². The van der Waals surface area contributed by atoms with Gasteiger partial charge in [0.2, 0.25) is 0 Å². The van der Waals surface area contributed by atoms with Crippen LogP contribution in [0.4, 0.5) is 5.82 Å². The molecule has 3 rings (SSSR count). The number of ether oxygens (including phenoxy) is 1. The predicted molar refractivity (Wildman–Crippen MR) is 76.8 cm³/mol. The molecule has 2 aliphatic rings. The lowest BCUT2D eigenvalue weighted by Gasteiger charge is -2.35. The molecule has 2 saturated heterocycles. The molecule has 0 spiro atoms. The molecule has 1 unspecified atom stereocenters. The lowest BCUT2D eigenvalue weighted by Crippen LogP contribution is -2.48. The zero-order valence-corrected chi connectivity index (χ0v) is 11.7. The van der Waals surface area contributed by atoms with Crippen molar-refractivity contribution in [3.05, 3.63) is 24.4 Å². The van der Waals surface area contributed by atoms with Crippen molar-refractivity contribution in [3.63, 3.8) is 0 Å². The number of hydrogen-bond donors (Lipinski definition) is 0. The van der Waals surface area contributed by atoms with E-state index in [0.717, 1.165) is 45.0 Å². The van der Waals surface area contributed by atoms with E-state index < -0.39 is 0 Å². The summed E-state index contributed by atoms with van der Waals surface area (Å²) < 4.78 is 5.29. The molecular weight excluding hydrogens is 254 g/mol. The van der Waals surface area contributed by atoms with Crippen molar-refractivity contribution in [2.45, 2.75) is 6.42 Å². The number of hydrogen-bond acceptors (Lipinski definition) is 5. The second-order valence-electron chi connectivity index (χ2n) is 5.48. The first kappa shape index (κ1) is 13.5. The summed E-state index contributed by atoms with van der Waals surface area (Å²) in [5.74, 6) is 1.50. The lowest BCUT2D eigenvalue weighted by molar-refractivity contribution is -0.124. The number of piperazine rings is 1. The molecule has 0 saturated carbocycles. The Bertz CT molecular complexity index is 438. The fraction of sp³-hybridized carbons (Fsp3) is 0.600. The van der Waals surface area contributed by atoms with Crippen LogP contribution in [0.15, 0.2) is 24.4 Å². The van der Waals surface area contributed by atoms with Gasteiger partial charge in [0.1, 0.15) is 5.82 Å². The highest BCUT2D eigenvalue weighted by Gasteiger charge is 2.26. The Morgan fingerprint density at radius 2 is 2.15 bits per heavy atom. The van der Waals surface area contributed by atoms with Gasteiger partial charge < -0.3 is 9.64 Å². The van der Waals surface area contributed by atoms with Crippen molar-refractivity contribution in [1.29, 1.82) is 0 Å². The van der Waals surface area contributed by atoms with E-state index in [0.29, 0.717) is 18.9 Å². The van der Waals surface area contributed by atoms with Gasteiger partial charge in [-0.3, -0.25) is 9.69 Å². The van der Waals surface area contributed by atoms with E-state index in [1.165, 1.54) is 0 Å². The molecular formula is C15H21N3O2. The molecule has 3 heterocycles. The number of Topliss-reactive ketones (excluding diaryl/α,β-unsaturated/α-hetero) is 1. The van der Waals surface area contributed by atoms with Crippen molar-refractivity contribution in [1.82, 2.24) is 9.88 Å². The number of anilines is 1. The van der Waals surface area contributed by atoms with E-state index in [1.54, 1.807) is 0 Å². The Morgan fingerprint density at radius 1 is 1.30 bits per heavy atom. The minimum absolute atomic E-state index is 0.129. The number of ketones is 1. The van der Waals surface area contributed by atoms with Crippen LogP contribution in [-0.4, -0.2) is 61.6 Å². The summed E-state index contributed by atoms with van der Waals surface area (Å²) in [6.45, 7) is 5.66. The smallest absolute Gasteiger partial charge is 0.152 e. The van der Waals surface area contributed by atoms with E-state index in [-0.39, 0.29) is 5.92 Å². The van der Waals surface area contributed by atoms with Gasteiger partial charge in [-0.2, -0.15) is 0 Å². The van der Waals surface area contributed by atoms with E-state index in [2.05, 4.69) is 14.8 Å². The summed E-state index contributed by atoms with van der Waals surface area (Å²) >= 11 is 0. The van der Waals surface area contributed by atoms with E-state index in [4.69, 9.17) is 4.74 Å². The van der Waals surface area contributed by atoms with E-state index in [9.17, 15) is 4.79 Å². The number of rotatable bonds is 4. The van der Waals surface area contributed by atoms with Crippen molar-refractivity contribution in [2.75, 3.05) is 50.8 Å². The molecule has 1 aromatic rings. The highest BCUT2D eigenvalue weighted by atomic mass is 16.5. The van der Waals surface area contributed by atoms with Gasteiger partial charge in [-0.05, 0) is 18.6 Å². The quantitative estimate of drug-likeness (QED) is 0.813. The number of aromatic nitrogens is 1. The van der Waals surface area contributed by atoms with Crippen LogP contribution < -0.4 is 4.90 Å². The van der Waals surface area contributed by atoms with Gasteiger partial charge in [0.25, 0.3) is 0 Å². The Hall–Kier alpha value is -1.46. The Labute approximate surface area is 119 Å². The minimum Gasteiger partial charge on any atom is -0.381 e. The predicted octanol–water partition coefficient (Wildman–Crippen LogP) is 0.809. The zero-order chi connectivity index (χ0) is 13.8. The number of nitrogens with zero attached hydrogens (tertiary/aromatic N) is 3.